The third kappa shape index (κ3) is 3.16. The smallest absolute Gasteiger partial charge is 0.265 e. The maximum atomic E-state index is 12.8. The molecule has 1 atom stereocenters. The molecule has 148 valence electrons. The van der Waals surface area contributed by atoms with Crippen LogP contribution in [0.5, 0.6) is 5.75 Å². The first kappa shape index (κ1) is 17.9. The van der Waals surface area contributed by atoms with Gasteiger partial charge in [-0.2, -0.15) is 0 Å². The van der Waals surface area contributed by atoms with E-state index in [9.17, 15) is 9.59 Å². The van der Waals surface area contributed by atoms with Gasteiger partial charge in [-0.05, 0) is 43.3 Å². The number of carbonyl (C=O) groups is 2. The van der Waals surface area contributed by atoms with Crippen molar-refractivity contribution >= 4 is 34.1 Å². The summed E-state index contributed by atoms with van der Waals surface area (Å²) in [6.45, 7) is 1.68. The SMILES string of the molecule is C[C@@H]1Oc2ccc(NC(=O)c3ccc4noc(-c5ccccc5)c4c3)cc2NC1=O. The number of nitrogens with zero attached hydrogens (tertiary/aromatic N) is 1. The molecule has 4 aromatic rings. The lowest BCUT2D eigenvalue weighted by Gasteiger charge is -2.23. The second-order valence-corrected chi connectivity index (χ2v) is 7.02. The summed E-state index contributed by atoms with van der Waals surface area (Å²) >= 11 is 0. The summed E-state index contributed by atoms with van der Waals surface area (Å²) in [5.41, 5.74) is 3.10. The summed E-state index contributed by atoms with van der Waals surface area (Å²) in [7, 11) is 0. The number of anilines is 2. The van der Waals surface area contributed by atoms with Gasteiger partial charge in [-0.25, -0.2) is 0 Å². The number of hydrogen-bond donors (Lipinski definition) is 2. The second kappa shape index (κ2) is 7.04. The minimum Gasteiger partial charge on any atom is -0.479 e. The highest BCUT2D eigenvalue weighted by molar-refractivity contribution is 6.08. The van der Waals surface area contributed by atoms with Gasteiger partial charge in [-0.15, -0.1) is 0 Å². The molecule has 1 aliphatic heterocycles. The summed E-state index contributed by atoms with van der Waals surface area (Å²) in [4.78, 5) is 24.7. The van der Waals surface area contributed by atoms with Gasteiger partial charge in [0.2, 0.25) is 0 Å². The van der Waals surface area contributed by atoms with Gasteiger partial charge in [0.05, 0.1) is 11.1 Å². The first-order valence-electron chi connectivity index (χ1n) is 9.46. The van der Waals surface area contributed by atoms with Crippen molar-refractivity contribution < 1.29 is 18.8 Å². The summed E-state index contributed by atoms with van der Waals surface area (Å²) in [5.74, 6) is 0.673. The van der Waals surface area contributed by atoms with Crippen molar-refractivity contribution in [3.8, 4) is 17.1 Å². The van der Waals surface area contributed by atoms with Gasteiger partial charge in [-0.3, -0.25) is 9.59 Å². The minimum atomic E-state index is -0.549. The van der Waals surface area contributed by atoms with Gasteiger partial charge >= 0.3 is 0 Å². The summed E-state index contributed by atoms with van der Waals surface area (Å²) in [6.07, 6.45) is -0.549. The number of ether oxygens (including phenoxy) is 1. The highest BCUT2D eigenvalue weighted by Gasteiger charge is 2.23. The molecular weight excluding hydrogens is 382 g/mol. The molecule has 30 heavy (non-hydrogen) atoms. The third-order valence-electron chi connectivity index (χ3n) is 4.94. The number of fused-ring (bicyclic) bond motifs is 2. The van der Waals surface area contributed by atoms with Crippen LogP contribution in [0.15, 0.2) is 71.3 Å². The van der Waals surface area contributed by atoms with Crippen LogP contribution in [0.4, 0.5) is 11.4 Å². The number of aromatic nitrogens is 1. The van der Waals surface area contributed by atoms with Crippen molar-refractivity contribution in [2.24, 2.45) is 0 Å². The summed E-state index contributed by atoms with van der Waals surface area (Å²) in [5, 5.41) is 10.5. The van der Waals surface area contributed by atoms with Crippen molar-refractivity contribution in [1.82, 2.24) is 5.16 Å². The monoisotopic (exact) mass is 399 g/mol. The van der Waals surface area contributed by atoms with Crippen molar-refractivity contribution in [2.75, 3.05) is 10.6 Å². The van der Waals surface area contributed by atoms with Gasteiger partial charge < -0.3 is 19.9 Å². The Labute approximate surface area is 171 Å². The number of amides is 2. The van der Waals surface area contributed by atoms with E-state index in [0.717, 1.165) is 10.9 Å². The Balaban J connectivity index is 1.43. The van der Waals surface area contributed by atoms with Gasteiger partial charge in [0, 0.05) is 16.8 Å². The van der Waals surface area contributed by atoms with Gasteiger partial charge in [0.1, 0.15) is 11.3 Å². The van der Waals surface area contributed by atoms with E-state index < -0.39 is 6.10 Å². The zero-order chi connectivity index (χ0) is 20.7. The van der Waals surface area contributed by atoms with E-state index in [0.29, 0.717) is 34.0 Å². The highest BCUT2D eigenvalue weighted by atomic mass is 16.5. The van der Waals surface area contributed by atoms with Crippen LogP contribution in [0.1, 0.15) is 17.3 Å². The molecule has 5 rings (SSSR count). The van der Waals surface area contributed by atoms with Crippen LogP contribution in [-0.4, -0.2) is 23.1 Å². The number of hydrogen-bond acceptors (Lipinski definition) is 5. The molecule has 7 heteroatoms. The van der Waals surface area contributed by atoms with E-state index in [1.165, 1.54) is 0 Å². The fourth-order valence-corrected chi connectivity index (χ4v) is 3.37. The van der Waals surface area contributed by atoms with E-state index in [1.54, 1.807) is 43.3 Å². The number of benzene rings is 3. The molecule has 0 unspecified atom stereocenters. The van der Waals surface area contributed by atoms with Crippen LogP contribution in [0.2, 0.25) is 0 Å². The quantitative estimate of drug-likeness (QED) is 0.530. The Bertz CT molecular complexity index is 1280. The molecule has 0 saturated carbocycles. The molecule has 0 radical (unpaired) electrons. The molecule has 3 aromatic carbocycles. The van der Waals surface area contributed by atoms with Crippen LogP contribution < -0.4 is 15.4 Å². The Morgan fingerprint density at radius 3 is 2.73 bits per heavy atom. The Morgan fingerprint density at radius 2 is 1.90 bits per heavy atom. The predicted molar refractivity (Wildman–Crippen MR) is 113 cm³/mol. The molecule has 0 spiro atoms. The third-order valence-corrected chi connectivity index (χ3v) is 4.94. The van der Waals surface area contributed by atoms with Crippen molar-refractivity contribution in [3.05, 3.63) is 72.3 Å². The van der Waals surface area contributed by atoms with Crippen LogP contribution in [-0.2, 0) is 4.79 Å². The molecule has 2 amide bonds. The lowest BCUT2D eigenvalue weighted by atomic mass is 10.1. The van der Waals surface area contributed by atoms with E-state index >= 15 is 0 Å². The highest BCUT2D eigenvalue weighted by Crippen LogP contribution is 2.33. The van der Waals surface area contributed by atoms with Crippen LogP contribution in [0.25, 0.3) is 22.2 Å². The first-order valence-corrected chi connectivity index (χ1v) is 9.46. The lowest BCUT2D eigenvalue weighted by Crippen LogP contribution is -2.34. The number of nitrogens with one attached hydrogen (secondary N) is 2. The maximum Gasteiger partial charge on any atom is 0.265 e. The second-order valence-electron chi connectivity index (χ2n) is 7.02. The predicted octanol–water partition coefficient (Wildman–Crippen LogP) is 4.47. The molecule has 1 aromatic heterocycles. The van der Waals surface area contributed by atoms with E-state index in [4.69, 9.17) is 9.26 Å². The first-order chi connectivity index (χ1) is 14.6. The largest absolute Gasteiger partial charge is 0.479 e. The zero-order valence-electron chi connectivity index (χ0n) is 16.0. The number of rotatable bonds is 3. The minimum absolute atomic E-state index is 0.225. The molecule has 0 saturated heterocycles. The van der Waals surface area contributed by atoms with E-state index in [-0.39, 0.29) is 11.8 Å². The molecule has 7 nitrogen and oxygen atoms in total. The maximum absolute atomic E-state index is 12.8. The average Bonchev–Trinajstić information content (AvgIpc) is 3.18. The van der Waals surface area contributed by atoms with Crippen molar-refractivity contribution in [3.63, 3.8) is 0 Å². The van der Waals surface area contributed by atoms with E-state index in [2.05, 4.69) is 15.8 Å². The summed E-state index contributed by atoms with van der Waals surface area (Å²) in [6, 6.07) is 19.9. The molecule has 1 aliphatic rings. The Morgan fingerprint density at radius 1 is 1.07 bits per heavy atom. The fraction of sp³-hybridized carbons (Fsp3) is 0.0870. The molecular formula is C23H17N3O4. The lowest BCUT2D eigenvalue weighted by molar-refractivity contribution is -0.122. The van der Waals surface area contributed by atoms with Crippen LogP contribution >= 0.6 is 0 Å². The average molecular weight is 399 g/mol. The topological polar surface area (TPSA) is 93.5 Å². The molecule has 0 bridgehead atoms. The molecule has 2 N–H and O–H groups in total. The van der Waals surface area contributed by atoms with Crippen LogP contribution in [0.3, 0.4) is 0 Å². The van der Waals surface area contributed by atoms with Crippen molar-refractivity contribution in [2.45, 2.75) is 13.0 Å². The van der Waals surface area contributed by atoms with Gasteiger partial charge in [0.25, 0.3) is 11.8 Å². The molecule has 2 heterocycles. The number of carbonyl (C=O) groups excluding carboxylic acids is 2. The van der Waals surface area contributed by atoms with Crippen LogP contribution in [0, 0.1) is 0 Å². The normalized spacial score (nSPS) is 15.2. The zero-order valence-corrected chi connectivity index (χ0v) is 16.0. The Hall–Kier alpha value is -4.13. The summed E-state index contributed by atoms with van der Waals surface area (Å²) < 4.78 is 11.0. The van der Waals surface area contributed by atoms with Gasteiger partial charge in [0.15, 0.2) is 11.9 Å². The van der Waals surface area contributed by atoms with Gasteiger partial charge in [-0.1, -0.05) is 35.5 Å². The Kier molecular flexibility index (Phi) is 4.21. The standard InChI is InChI=1S/C23H17N3O4/c1-13-22(27)25-19-12-16(8-10-20(19)29-13)24-23(28)15-7-9-18-17(11-15)21(30-26-18)14-5-3-2-4-6-14/h2-13H,1H3,(H,24,28)(H,25,27)/t13-/m0/s1. The van der Waals surface area contributed by atoms with Crippen molar-refractivity contribution in [1.29, 1.82) is 0 Å². The molecule has 0 fully saturated rings. The fourth-order valence-electron chi connectivity index (χ4n) is 3.37. The van der Waals surface area contributed by atoms with E-state index in [1.807, 2.05) is 30.3 Å². The molecule has 0 aliphatic carbocycles.